The second-order valence-corrected chi connectivity index (χ2v) is 3.29. The van der Waals surface area contributed by atoms with Crippen molar-refractivity contribution in [1.29, 1.82) is 0 Å². The maximum absolute atomic E-state index is 10.7. The number of aliphatic carboxylic acids is 1. The van der Waals surface area contributed by atoms with Crippen LogP contribution in [0.3, 0.4) is 0 Å². The van der Waals surface area contributed by atoms with Crippen molar-refractivity contribution >= 4 is 19.6 Å². The van der Waals surface area contributed by atoms with Gasteiger partial charge in [0.1, 0.15) is 6.61 Å². The van der Waals surface area contributed by atoms with Gasteiger partial charge in [0.05, 0.1) is 0 Å². The molecule has 0 heterocycles. The maximum Gasteiger partial charge on any atom is 0.470 e. The summed E-state index contributed by atoms with van der Waals surface area (Å²) in [6, 6.07) is -1.83. The van der Waals surface area contributed by atoms with E-state index in [1.54, 1.807) is 0 Å². The number of rotatable bonds is 5. The molecule has 0 spiro atoms. The number of hydrogen-bond donors (Lipinski definition) is 4. The largest absolute Gasteiger partial charge is 0.480 e. The van der Waals surface area contributed by atoms with Crippen molar-refractivity contribution in [2.24, 2.45) is 5.73 Å². The Balaban J connectivity index is 4.03. The first-order chi connectivity index (χ1) is 5.74. The zero-order valence-electron chi connectivity index (χ0n) is 6.28. The molecule has 0 fully saturated rings. The molecule has 0 saturated heterocycles. The molecular formula is C4H8NO7P. The Morgan fingerprint density at radius 1 is 1.46 bits per heavy atom. The SMILES string of the molecule is N[C@H](C(=O)O)C(=O)COP(=O)(O)O. The number of phosphoric acid groups is 1. The van der Waals surface area contributed by atoms with Gasteiger partial charge in [-0.2, -0.15) is 0 Å². The number of hydrogen-bond acceptors (Lipinski definition) is 5. The fourth-order valence-corrected chi connectivity index (χ4v) is 0.671. The highest BCUT2D eigenvalue weighted by molar-refractivity contribution is 7.46. The molecule has 9 heteroatoms. The number of carbonyl (C=O) groups is 2. The first kappa shape index (κ1) is 12.2. The van der Waals surface area contributed by atoms with Crippen LogP contribution in [-0.2, 0) is 18.7 Å². The van der Waals surface area contributed by atoms with Crippen LogP contribution in [0.4, 0.5) is 0 Å². The molecule has 0 bridgehead atoms. The molecule has 0 aliphatic rings. The summed E-state index contributed by atoms with van der Waals surface area (Å²) < 4.78 is 13.8. The quantitative estimate of drug-likeness (QED) is 0.305. The van der Waals surface area contributed by atoms with Crippen LogP contribution in [0.15, 0.2) is 0 Å². The first-order valence-electron chi connectivity index (χ1n) is 2.95. The molecular weight excluding hydrogens is 205 g/mol. The average molecular weight is 213 g/mol. The van der Waals surface area contributed by atoms with Gasteiger partial charge in [0.15, 0.2) is 11.8 Å². The Kier molecular flexibility index (Phi) is 4.18. The van der Waals surface area contributed by atoms with E-state index in [0.717, 1.165) is 0 Å². The van der Waals surface area contributed by atoms with Crippen LogP contribution in [0.2, 0.25) is 0 Å². The minimum absolute atomic E-state index is 1.03. The van der Waals surface area contributed by atoms with Gasteiger partial charge in [0.25, 0.3) is 0 Å². The smallest absolute Gasteiger partial charge is 0.470 e. The number of carboxylic acids is 1. The third kappa shape index (κ3) is 5.45. The lowest BCUT2D eigenvalue weighted by Gasteiger charge is -2.06. The number of carboxylic acid groups (broad SMARTS) is 1. The summed E-state index contributed by atoms with van der Waals surface area (Å²) in [5, 5.41) is 8.19. The number of phosphoric ester groups is 1. The maximum atomic E-state index is 10.7. The van der Waals surface area contributed by atoms with Gasteiger partial charge in [-0.05, 0) is 0 Å². The van der Waals surface area contributed by atoms with Gasteiger partial charge in [-0.25, -0.2) is 4.57 Å². The van der Waals surface area contributed by atoms with Crippen LogP contribution in [0.1, 0.15) is 0 Å². The number of carbonyl (C=O) groups excluding carboxylic acids is 1. The van der Waals surface area contributed by atoms with E-state index in [1.165, 1.54) is 0 Å². The molecule has 0 unspecified atom stereocenters. The molecule has 0 amide bonds. The van der Waals surface area contributed by atoms with Gasteiger partial charge in [-0.3, -0.25) is 14.1 Å². The lowest BCUT2D eigenvalue weighted by Crippen LogP contribution is -2.40. The molecule has 0 aliphatic carbocycles. The van der Waals surface area contributed by atoms with Crippen LogP contribution in [-0.4, -0.2) is 39.3 Å². The predicted octanol–water partition coefficient (Wildman–Crippen LogP) is -1.92. The Hall–Kier alpha value is -0.790. The van der Waals surface area contributed by atoms with Crippen molar-refractivity contribution in [3.63, 3.8) is 0 Å². The normalized spacial score (nSPS) is 13.8. The van der Waals surface area contributed by atoms with E-state index < -0.39 is 32.2 Å². The van der Waals surface area contributed by atoms with Crippen molar-refractivity contribution in [2.75, 3.05) is 6.61 Å². The monoisotopic (exact) mass is 213 g/mol. The third-order valence-electron chi connectivity index (χ3n) is 0.988. The second-order valence-electron chi connectivity index (χ2n) is 2.05. The molecule has 0 rings (SSSR count). The molecule has 0 saturated carbocycles. The molecule has 0 aliphatic heterocycles. The Labute approximate surface area is 72.5 Å². The molecule has 13 heavy (non-hydrogen) atoms. The highest BCUT2D eigenvalue weighted by Gasteiger charge is 2.24. The number of ketones is 1. The van der Waals surface area contributed by atoms with Gasteiger partial charge in [0.2, 0.25) is 0 Å². The summed E-state index contributed by atoms with van der Waals surface area (Å²) in [5.41, 5.74) is 4.81. The van der Waals surface area contributed by atoms with E-state index in [4.69, 9.17) is 20.6 Å². The van der Waals surface area contributed by atoms with Crippen molar-refractivity contribution in [1.82, 2.24) is 0 Å². The molecule has 0 aromatic rings. The first-order valence-corrected chi connectivity index (χ1v) is 4.48. The minimum Gasteiger partial charge on any atom is -0.480 e. The summed E-state index contributed by atoms with van der Waals surface area (Å²) >= 11 is 0. The van der Waals surface area contributed by atoms with E-state index in [2.05, 4.69) is 4.52 Å². The van der Waals surface area contributed by atoms with Crippen LogP contribution in [0, 0.1) is 0 Å². The molecule has 5 N–H and O–H groups in total. The third-order valence-corrected chi connectivity index (χ3v) is 1.45. The highest BCUT2D eigenvalue weighted by atomic mass is 31.2. The molecule has 1 atom stereocenters. The van der Waals surface area contributed by atoms with Crippen molar-refractivity contribution < 1.29 is 33.6 Å². The van der Waals surface area contributed by atoms with Crippen molar-refractivity contribution in [3.8, 4) is 0 Å². The van der Waals surface area contributed by atoms with Crippen LogP contribution < -0.4 is 5.73 Å². The highest BCUT2D eigenvalue weighted by Crippen LogP contribution is 2.35. The van der Waals surface area contributed by atoms with E-state index >= 15 is 0 Å². The summed E-state index contributed by atoms with van der Waals surface area (Å²) in [7, 11) is -4.76. The van der Waals surface area contributed by atoms with Gasteiger partial charge in [0, 0.05) is 0 Å². The summed E-state index contributed by atoms with van der Waals surface area (Å²) in [4.78, 5) is 37.0. The molecule has 0 radical (unpaired) electrons. The van der Waals surface area contributed by atoms with Crippen LogP contribution in [0.5, 0.6) is 0 Å². The standard InChI is InChI=1S/C4H8NO7P/c5-3(4(7)8)2(6)1-12-13(9,10)11/h3H,1,5H2,(H,7,8)(H2,9,10,11)/t3-/m0/s1. The van der Waals surface area contributed by atoms with Crippen molar-refractivity contribution in [3.05, 3.63) is 0 Å². The number of Topliss-reactive ketones (excluding diaryl/α,β-unsaturated/α-hetero) is 1. The van der Waals surface area contributed by atoms with Crippen LogP contribution in [0.25, 0.3) is 0 Å². The fourth-order valence-electron chi connectivity index (χ4n) is 0.375. The summed E-state index contributed by atoms with van der Waals surface area (Å²) in [5.74, 6) is -2.70. The molecule has 8 nitrogen and oxygen atoms in total. The topological polar surface area (TPSA) is 147 Å². The molecule has 76 valence electrons. The predicted molar refractivity (Wildman–Crippen MR) is 38.6 cm³/mol. The van der Waals surface area contributed by atoms with Gasteiger partial charge in [-0.1, -0.05) is 0 Å². The Bertz CT molecular complexity index is 257. The van der Waals surface area contributed by atoms with Crippen LogP contribution >= 0.6 is 7.82 Å². The lowest BCUT2D eigenvalue weighted by molar-refractivity contribution is -0.142. The van der Waals surface area contributed by atoms with Gasteiger partial charge < -0.3 is 20.6 Å². The second kappa shape index (κ2) is 4.45. The summed E-state index contributed by atoms with van der Waals surface area (Å²) in [6.45, 7) is -1.03. The Morgan fingerprint density at radius 3 is 2.23 bits per heavy atom. The molecule has 0 aromatic heterocycles. The van der Waals surface area contributed by atoms with E-state index in [1.807, 2.05) is 0 Å². The Morgan fingerprint density at radius 2 is 1.92 bits per heavy atom. The minimum atomic E-state index is -4.76. The van der Waals surface area contributed by atoms with Crippen molar-refractivity contribution in [2.45, 2.75) is 6.04 Å². The zero-order valence-corrected chi connectivity index (χ0v) is 7.18. The average Bonchev–Trinajstić information content (AvgIpc) is 1.97. The van der Waals surface area contributed by atoms with E-state index in [9.17, 15) is 14.2 Å². The number of nitrogens with two attached hydrogens (primary N) is 1. The van der Waals surface area contributed by atoms with Gasteiger partial charge in [-0.15, -0.1) is 0 Å². The zero-order chi connectivity index (χ0) is 10.6. The van der Waals surface area contributed by atoms with Gasteiger partial charge >= 0.3 is 13.8 Å². The summed E-state index contributed by atoms with van der Waals surface area (Å²) in [6.07, 6.45) is 0. The van der Waals surface area contributed by atoms with E-state index in [-0.39, 0.29) is 0 Å². The fraction of sp³-hybridized carbons (Fsp3) is 0.500. The molecule has 0 aromatic carbocycles. The van der Waals surface area contributed by atoms with E-state index in [0.29, 0.717) is 0 Å². The lowest BCUT2D eigenvalue weighted by atomic mass is 10.2.